The van der Waals surface area contributed by atoms with Crippen molar-refractivity contribution in [3.8, 4) is 0 Å². The SMILES string of the molecule is O=C(Nc1nc2ccccc2[nH]1)c1ccccc1N1CCOCC1. The summed E-state index contributed by atoms with van der Waals surface area (Å²) in [4.78, 5) is 22.4. The Balaban J connectivity index is 1.60. The Bertz CT molecular complexity index is 835. The normalized spacial score (nSPS) is 14.8. The van der Waals surface area contributed by atoms with E-state index in [1.807, 2.05) is 48.5 Å². The number of nitrogens with zero attached hydrogens (tertiary/aromatic N) is 2. The lowest BCUT2D eigenvalue weighted by atomic mass is 10.1. The van der Waals surface area contributed by atoms with Crippen LogP contribution in [0.5, 0.6) is 0 Å². The number of ether oxygens (including phenoxy) is 1. The number of carbonyl (C=O) groups is 1. The van der Waals surface area contributed by atoms with Gasteiger partial charge in [-0.15, -0.1) is 0 Å². The van der Waals surface area contributed by atoms with Crippen molar-refractivity contribution in [2.24, 2.45) is 0 Å². The molecule has 1 aromatic heterocycles. The number of hydrogen-bond acceptors (Lipinski definition) is 4. The first-order valence-electron chi connectivity index (χ1n) is 7.99. The Morgan fingerprint density at radius 3 is 2.67 bits per heavy atom. The van der Waals surface area contributed by atoms with Crippen molar-refractivity contribution in [1.29, 1.82) is 0 Å². The number of para-hydroxylation sites is 3. The van der Waals surface area contributed by atoms with Crippen LogP contribution in [0, 0.1) is 0 Å². The van der Waals surface area contributed by atoms with E-state index in [-0.39, 0.29) is 5.91 Å². The number of benzene rings is 2. The maximum atomic E-state index is 12.7. The molecule has 0 atom stereocenters. The predicted octanol–water partition coefficient (Wildman–Crippen LogP) is 2.65. The molecule has 6 nitrogen and oxygen atoms in total. The zero-order valence-corrected chi connectivity index (χ0v) is 13.2. The average molecular weight is 322 g/mol. The number of fused-ring (bicyclic) bond motifs is 1. The van der Waals surface area contributed by atoms with E-state index in [0.29, 0.717) is 24.7 Å². The van der Waals surface area contributed by atoms with Gasteiger partial charge in [0.25, 0.3) is 5.91 Å². The summed E-state index contributed by atoms with van der Waals surface area (Å²) < 4.78 is 5.39. The lowest BCUT2D eigenvalue weighted by Gasteiger charge is -2.30. The zero-order valence-electron chi connectivity index (χ0n) is 13.2. The van der Waals surface area contributed by atoms with Gasteiger partial charge in [-0.1, -0.05) is 24.3 Å². The highest BCUT2D eigenvalue weighted by Gasteiger charge is 2.19. The maximum absolute atomic E-state index is 12.7. The second kappa shape index (κ2) is 6.33. The molecule has 0 unspecified atom stereocenters. The molecule has 1 aliphatic rings. The van der Waals surface area contributed by atoms with Crippen molar-refractivity contribution in [3.63, 3.8) is 0 Å². The molecule has 0 spiro atoms. The monoisotopic (exact) mass is 322 g/mol. The van der Waals surface area contributed by atoms with Crippen molar-refractivity contribution < 1.29 is 9.53 Å². The first-order valence-corrected chi connectivity index (χ1v) is 7.99. The van der Waals surface area contributed by atoms with Gasteiger partial charge in [-0.25, -0.2) is 4.98 Å². The van der Waals surface area contributed by atoms with Gasteiger partial charge in [0, 0.05) is 18.8 Å². The molecule has 1 saturated heterocycles. The maximum Gasteiger partial charge on any atom is 0.260 e. The number of nitrogens with one attached hydrogen (secondary N) is 2. The van der Waals surface area contributed by atoms with E-state index in [2.05, 4.69) is 20.2 Å². The Labute approximate surface area is 139 Å². The van der Waals surface area contributed by atoms with Crippen molar-refractivity contribution in [3.05, 3.63) is 54.1 Å². The fourth-order valence-corrected chi connectivity index (χ4v) is 2.93. The fourth-order valence-electron chi connectivity index (χ4n) is 2.93. The van der Waals surface area contributed by atoms with E-state index in [1.54, 1.807) is 0 Å². The van der Waals surface area contributed by atoms with Crippen LogP contribution in [0.2, 0.25) is 0 Å². The van der Waals surface area contributed by atoms with Gasteiger partial charge in [0.1, 0.15) is 0 Å². The van der Waals surface area contributed by atoms with Gasteiger partial charge in [0.05, 0.1) is 29.8 Å². The summed E-state index contributed by atoms with van der Waals surface area (Å²) in [6, 6.07) is 15.3. The van der Waals surface area contributed by atoms with Crippen LogP contribution in [0.1, 0.15) is 10.4 Å². The highest BCUT2D eigenvalue weighted by Crippen LogP contribution is 2.23. The Kier molecular flexibility index (Phi) is 3.88. The molecule has 1 amide bonds. The fraction of sp³-hybridized carbons (Fsp3) is 0.222. The lowest BCUT2D eigenvalue weighted by Crippen LogP contribution is -2.37. The molecule has 1 fully saturated rings. The molecule has 0 bridgehead atoms. The third-order valence-electron chi connectivity index (χ3n) is 4.12. The zero-order chi connectivity index (χ0) is 16.4. The summed E-state index contributed by atoms with van der Waals surface area (Å²) in [5.74, 6) is 0.286. The second-order valence-electron chi connectivity index (χ2n) is 5.67. The highest BCUT2D eigenvalue weighted by atomic mass is 16.5. The van der Waals surface area contributed by atoms with Gasteiger partial charge in [-0.05, 0) is 24.3 Å². The molecule has 1 aliphatic heterocycles. The number of rotatable bonds is 3. The molecule has 3 aromatic rings. The molecule has 2 N–H and O–H groups in total. The second-order valence-corrected chi connectivity index (χ2v) is 5.67. The number of morpholine rings is 1. The molecule has 2 heterocycles. The first kappa shape index (κ1) is 14.7. The Morgan fingerprint density at radius 1 is 1.08 bits per heavy atom. The molecule has 4 rings (SSSR count). The summed E-state index contributed by atoms with van der Waals surface area (Å²) in [6.07, 6.45) is 0. The molecular weight excluding hydrogens is 304 g/mol. The first-order chi connectivity index (χ1) is 11.8. The van der Waals surface area contributed by atoms with Crippen LogP contribution in [-0.4, -0.2) is 42.2 Å². The van der Waals surface area contributed by atoms with Gasteiger partial charge >= 0.3 is 0 Å². The number of aromatic amines is 1. The Hall–Kier alpha value is -2.86. The number of aromatic nitrogens is 2. The topological polar surface area (TPSA) is 70.2 Å². The molecule has 2 aromatic carbocycles. The summed E-state index contributed by atoms with van der Waals surface area (Å²) >= 11 is 0. The van der Waals surface area contributed by atoms with Crippen LogP contribution in [0.4, 0.5) is 11.6 Å². The summed E-state index contributed by atoms with van der Waals surface area (Å²) in [5, 5.41) is 2.86. The van der Waals surface area contributed by atoms with Crippen LogP contribution in [0.3, 0.4) is 0 Å². The van der Waals surface area contributed by atoms with Crippen LogP contribution < -0.4 is 10.2 Å². The predicted molar refractivity (Wildman–Crippen MR) is 93.5 cm³/mol. The molecule has 24 heavy (non-hydrogen) atoms. The van der Waals surface area contributed by atoms with Crippen LogP contribution in [0.15, 0.2) is 48.5 Å². The molecule has 0 aliphatic carbocycles. The van der Waals surface area contributed by atoms with Crippen molar-refractivity contribution in [1.82, 2.24) is 9.97 Å². The minimum Gasteiger partial charge on any atom is -0.378 e. The molecule has 122 valence electrons. The molecule has 0 saturated carbocycles. The molecule has 0 radical (unpaired) electrons. The highest BCUT2D eigenvalue weighted by molar-refractivity contribution is 6.07. The number of carbonyl (C=O) groups excluding carboxylic acids is 1. The van der Waals surface area contributed by atoms with Gasteiger partial charge in [0.2, 0.25) is 5.95 Å². The lowest BCUT2D eigenvalue weighted by molar-refractivity contribution is 0.102. The number of anilines is 2. The summed E-state index contributed by atoms with van der Waals surface area (Å²) in [5.41, 5.74) is 3.29. The third kappa shape index (κ3) is 2.83. The summed E-state index contributed by atoms with van der Waals surface area (Å²) in [6.45, 7) is 2.93. The number of hydrogen-bond donors (Lipinski definition) is 2. The largest absolute Gasteiger partial charge is 0.378 e. The van der Waals surface area contributed by atoms with Gasteiger partial charge < -0.3 is 14.6 Å². The third-order valence-corrected chi connectivity index (χ3v) is 4.12. The average Bonchev–Trinajstić information content (AvgIpc) is 3.04. The minimum absolute atomic E-state index is 0.170. The number of amides is 1. The van der Waals surface area contributed by atoms with E-state index in [1.165, 1.54) is 0 Å². The minimum atomic E-state index is -0.170. The molecular formula is C18H18N4O2. The smallest absolute Gasteiger partial charge is 0.260 e. The van der Waals surface area contributed by atoms with Gasteiger partial charge in [-0.3, -0.25) is 10.1 Å². The quantitative estimate of drug-likeness (QED) is 0.778. The van der Waals surface area contributed by atoms with Crippen LogP contribution in [-0.2, 0) is 4.74 Å². The number of imidazole rings is 1. The summed E-state index contributed by atoms with van der Waals surface area (Å²) in [7, 11) is 0. The number of H-pyrrole nitrogens is 1. The van der Waals surface area contributed by atoms with E-state index in [0.717, 1.165) is 29.8 Å². The van der Waals surface area contributed by atoms with Crippen molar-refractivity contribution in [2.45, 2.75) is 0 Å². The van der Waals surface area contributed by atoms with E-state index in [9.17, 15) is 4.79 Å². The standard InChI is InChI=1S/C18H18N4O2/c23-17(21-18-19-14-6-2-3-7-15(14)20-18)13-5-1-4-8-16(13)22-9-11-24-12-10-22/h1-8H,9-12H2,(H2,19,20,21,23). The van der Waals surface area contributed by atoms with E-state index >= 15 is 0 Å². The van der Waals surface area contributed by atoms with Crippen molar-refractivity contribution in [2.75, 3.05) is 36.5 Å². The van der Waals surface area contributed by atoms with Gasteiger partial charge in [0.15, 0.2) is 0 Å². The van der Waals surface area contributed by atoms with E-state index < -0.39 is 0 Å². The van der Waals surface area contributed by atoms with Crippen LogP contribution in [0.25, 0.3) is 11.0 Å². The Morgan fingerprint density at radius 2 is 1.83 bits per heavy atom. The van der Waals surface area contributed by atoms with Crippen LogP contribution >= 0.6 is 0 Å². The molecule has 6 heteroatoms. The van der Waals surface area contributed by atoms with Crippen molar-refractivity contribution >= 4 is 28.6 Å². The van der Waals surface area contributed by atoms with E-state index in [4.69, 9.17) is 4.74 Å². The van der Waals surface area contributed by atoms with Gasteiger partial charge in [-0.2, -0.15) is 0 Å².